The third kappa shape index (κ3) is 3.51. The highest BCUT2D eigenvalue weighted by atomic mass is 35.5. The summed E-state index contributed by atoms with van der Waals surface area (Å²) in [4.78, 5) is 4.11. The summed E-state index contributed by atoms with van der Waals surface area (Å²) in [6, 6.07) is 8.90. The van der Waals surface area contributed by atoms with Crippen molar-refractivity contribution in [3.8, 4) is 23.0 Å². The Bertz CT molecular complexity index is 538. The summed E-state index contributed by atoms with van der Waals surface area (Å²) in [6.45, 7) is 0. The Labute approximate surface area is 116 Å². The van der Waals surface area contributed by atoms with Crippen LogP contribution >= 0.6 is 11.6 Å². The smallest absolute Gasteiger partial charge is 0.134 e. The quantitative estimate of drug-likeness (QED) is 0.784. The Kier molecular flexibility index (Phi) is 4.47. The summed E-state index contributed by atoms with van der Waals surface area (Å²) in [5, 5.41) is 0. The molecule has 0 unspecified atom stereocenters. The maximum Gasteiger partial charge on any atom is 0.134 e. The van der Waals surface area contributed by atoms with Crippen LogP contribution in [0.2, 0.25) is 0 Å². The van der Waals surface area contributed by atoms with E-state index in [-0.39, 0.29) is 0 Å². The predicted molar refractivity (Wildman–Crippen MR) is 73.4 cm³/mol. The average molecular weight is 280 g/mol. The first-order valence-electron chi connectivity index (χ1n) is 5.67. The van der Waals surface area contributed by atoms with Gasteiger partial charge in [-0.3, -0.25) is 4.98 Å². The van der Waals surface area contributed by atoms with Crippen molar-refractivity contribution in [1.29, 1.82) is 0 Å². The van der Waals surface area contributed by atoms with Crippen molar-refractivity contribution in [2.45, 2.75) is 5.88 Å². The number of nitrogens with zero attached hydrogens (tertiary/aromatic N) is 1. The van der Waals surface area contributed by atoms with Crippen LogP contribution in [-0.2, 0) is 5.88 Å². The minimum Gasteiger partial charge on any atom is -0.496 e. The van der Waals surface area contributed by atoms with Crippen molar-refractivity contribution in [1.82, 2.24) is 4.98 Å². The number of ether oxygens (including phenoxy) is 3. The van der Waals surface area contributed by atoms with Crippen molar-refractivity contribution in [3.05, 3.63) is 42.2 Å². The fraction of sp³-hybridized carbons (Fsp3) is 0.214. The Morgan fingerprint density at radius 2 is 1.58 bits per heavy atom. The highest BCUT2D eigenvalue weighted by Crippen LogP contribution is 2.30. The predicted octanol–water partition coefficient (Wildman–Crippen LogP) is 3.63. The molecule has 0 spiro atoms. The highest BCUT2D eigenvalue weighted by molar-refractivity contribution is 6.16. The molecule has 1 heterocycles. The number of rotatable bonds is 5. The zero-order valence-electron chi connectivity index (χ0n) is 10.7. The molecule has 0 aliphatic carbocycles. The summed E-state index contributed by atoms with van der Waals surface area (Å²) in [6.07, 6.45) is 1.66. The van der Waals surface area contributed by atoms with Crippen LogP contribution in [0.1, 0.15) is 5.69 Å². The van der Waals surface area contributed by atoms with Gasteiger partial charge in [0.25, 0.3) is 0 Å². The van der Waals surface area contributed by atoms with E-state index in [1.165, 1.54) is 0 Å². The van der Waals surface area contributed by atoms with Crippen LogP contribution in [0.3, 0.4) is 0 Å². The lowest BCUT2D eigenvalue weighted by atomic mass is 10.3. The maximum absolute atomic E-state index is 5.75. The van der Waals surface area contributed by atoms with Gasteiger partial charge in [-0.25, -0.2) is 0 Å². The Balaban J connectivity index is 2.26. The molecule has 0 atom stereocenters. The molecule has 0 radical (unpaired) electrons. The average Bonchev–Trinajstić information content (AvgIpc) is 2.47. The number of hydrogen-bond acceptors (Lipinski definition) is 4. The molecule has 100 valence electrons. The second-order valence-corrected chi connectivity index (χ2v) is 4.03. The van der Waals surface area contributed by atoms with Crippen molar-refractivity contribution in [2.24, 2.45) is 0 Å². The molecule has 1 aromatic carbocycles. The molecule has 0 aliphatic rings. The molecule has 0 fully saturated rings. The van der Waals surface area contributed by atoms with Gasteiger partial charge in [0.15, 0.2) is 0 Å². The minimum absolute atomic E-state index is 0.346. The fourth-order valence-electron chi connectivity index (χ4n) is 1.57. The second kappa shape index (κ2) is 6.29. The van der Waals surface area contributed by atoms with Crippen molar-refractivity contribution in [3.63, 3.8) is 0 Å². The third-order valence-electron chi connectivity index (χ3n) is 2.49. The van der Waals surface area contributed by atoms with Gasteiger partial charge in [0, 0.05) is 30.5 Å². The van der Waals surface area contributed by atoms with Crippen LogP contribution in [0.15, 0.2) is 36.5 Å². The van der Waals surface area contributed by atoms with Gasteiger partial charge >= 0.3 is 0 Å². The summed E-state index contributed by atoms with van der Waals surface area (Å²) in [5.74, 6) is 2.98. The van der Waals surface area contributed by atoms with Gasteiger partial charge < -0.3 is 14.2 Å². The van der Waals surface area contributed by atoms with E-state index in [2.05, 4.69) is 4.98 Å². The molecular formula is C14H14ClNO3. The Hall–Kier alpha value is -1.94. The summed E-state index contributed by atoms with van der Waals surface area (Å²) in [7, 11) is 3.19. The van der Waals surface area contributed by atoms with Gasteiger partial charge in [-0.05, 0) is 6.07 Å². The Morgan fingerprint density at radius 3 is 2.16 bits per heavy atom. The van der Waals surface area contributed by atoms with Gasteiger partial charge in [-0.1, -0.05) is 0 Å². The monoisotopic (exact) mass is 279 g/mol. The molecule has 19 heavy (non-hydrogen) atoms. The van der Waals surface area contributed by atoms with Gasteiger partial charge in [0.05, 0.1) is 25.8 Å². The lowest BCUT2D eigenvalue weighted by molar-refractivity contribution is 0.386. The van der Waals surface area contributed by atoms with Crippen LogP contribution in [-0.4, -0.2) is 19.2 Å². The first kappa shape index (κ1) is 13.5. The van der Waals surface area contributed by atoms with Gasteiger partial charge in [0.2, 0.25) is 0 Å². The summed E-state index contributed by atoms with van der Waals surface area (Å²) in [5.41, 5.74) is 0.758. The zero-order chi connectivity index (χ0) is 13.7. The molecule has 0 saturated carbocycles. The van der Waals surface area contributed by atoms with Gasteiger partial charge in [-0.15, -0.1) is 11.6 Å². The van der Waals surface area contributed by atoms with Crippen molar-refractivity contribution < 1.29 is 14.2 Å². The number of methoxy groups -OCH3 is 2. The molecule has 0 saturated heterocycles. The molecule has 5 heteroatoms. The number of alkyl halides is 1. The molecule has 0 N–H and O–H groups in total. The Morgan fingerprint density at radius 1 is 0.947 bits per heavy atom. The third-order valence-corrected chi connectivity index (χ3v) is 2.76. The molecule has 0 aliphatic heterocycles. The molecular weight excluding hydrogens is 266 g/mol. The lowest BCUT2D eigenvalue weighted by Gasteiger charge is -2.10. The van der Waals surface area contributed by atoms with E-state index in [1.54, 1.807) is 50.7 Å². The lowest BCUT2D eigenvalue weighted by Crippen LogP contribution is -1.91. The van der Waals surface area contributed by atoms with E-state index in [0.29, 0.717) is 28.9 Å². The normalized spacial score (nSPS) is 10.1. The largest absolute Gasteiger partial charge is 0.496 e. The minimum atomic E-state index is 0.346. The molecule has 2 rings (SSSR count). The molecule has 0 amide bonds. The van der Waals surface area contributed by atoms with E-state index in [9.17, 15) is 0 Å². The molecule has 0 bridgehead atoms. The summed E-state index contributed by atoms with van der Waals surface area (Å²) < 4.78 is 16.1. The zero-order valence-corrected chi connectivity index (χ0v) is 11.5. The van der Waals surface area contributed by atoms with Crippen LogP contribution in [0.5, 0.6) is 23.0 Å². The van der Waals surface area contributed by atoms with Crippen LogP contribution < -0.4 is 14.2 Å². The van der Waals surface area contributed by atoms with Gasteiger partial charge in [0.1, 0.15) is 23.0 Å². The van der Waals surface area contributed by atoms with E-state index in [1.807, 2.05) is 0 Å². The van der Waals surface area contributed by atoms with Crippen molar-refractivity contribution >= 4 is 11.6 Å². The second-order valence-electron chi connectivity index (χ2n) is 3.77. The van der Waals surface area contributed by atoms with Crippen molar-refractivity contribution in [2.75, 3.05) is 14.2 Å². The topological polar surface area (TPSA) is 40.6 Å². The number of halogens is 1. The van der Waals surface area contributed by atoms with E-state index >= 15 is 0 Å². The number of aromatic nitrogens is 1. The standard InChI is InChI=1S/C14H14ClNO3/c1-17-12-6-13(18-2)8-14(7-12)19-11-3-4-16-10(5-11)9-15/h3-8H,9H2,1-2H3. The van der Waals surface area contributed by atoms with E-state index in [0.717, 1.165) is 5.69 Å². The first-order valence-corrected chi connectivity index (χ1v) is 6.20. The van der Waals surface area contributed by atoms with E-state index < -0.39 is 0 Å². The van der Waals surface area contributed by atoms with Gasteiger partial charge in [-0.2, -0.15) is 0 Å². The number of benzene rings is 1. The SMILES string of the molecule is COc1cc(OC)cc(Oc2ccnc(CCl)c2)c1. The van der Waals surface area contributed by atoms with Crippen LogP contribution in [0.25, 0.3) is 0 Å². The van der Waals surface area contributed by atoms with Crippen LogP contribution in [0.4, 0.5) is 0 Å². The number of hydrogen-bond donors (Lipinski definition) is 0. The maximum atomic E-state index is 5.75. The molecule has 4 nitrogen and oxygen atoms in total. The van der Waals surface area contributed by atoms with E-state index in [4.69, 9.17) is 25.8 Å². The van der Waals surface area contributed by atoms with Crippen LogP contribution in [0, 0.1) is 0 Å². The fourth-order valence-corrected chi connectivity index (χ4v) is 1.72. The molecule has 1 aromatic heterocycles. The molecule has 2 aromatic rings. The highest BCUT2D eigenvalue weighted by Gasteiger charge is 2.05. The summed E-state index contributed by atoms with van der Waals surface area (Å²) >= 11 is 5.74. The number of pyridine rings is 1. The first-order chi connectivity index (χ1) is 9.25.